The van der Waals surface area contributed by atoms with Gasteiger partial charge in [-0.05, 0) is 47.7 Å². The number of aromatic nitrogens is 1. The third kappa shape index (κ3) is 5.58. The van der Waals surface area contributed by atoms with E-state index in [1.54, 1.807) is 12.1 Å². The van der Waals surface area contributed by atoms with Crippen molar-refractivity contribution in [2.45, 2.75) is 45.4 Å². The lowest BCUT2D eigenvalue weighted by molar-refractivity contribution is -0.617. The van der Waals surface area contributed by atoms with E-state index in [-0.39, 0.29) is 43.9 Å². The fourth-order valence-corrected chi connectivity index (χ4v) is 5.12. The number of para-hydroxylation sites is 1. The van der Waals surface area contributed by atoms with Crippen LogP contribution < -0.4 is 9.30 Å². The van der Waals surface area contributed by atoms with Crippen molar-refractivity contribution in [3.63, 3.8) is 0 Å². The van der Waals surface area contributed by atoms with Crippen LogP contribution in [0.5, 0.6) is 5.75 Å². The van der Waals surface area contributed by atoms with Gasteiger partial charge < -0.3 is 9.57 Å². The smallest absolute Gasteiger partial charge is 0.333 e. The molecule has 0 atom stereocenters. The van der Waals surface area contributed by atoms with E-state index in [0.717, 1.165) is 38.5 Å². The molecule has 1 aliphatic rings. The van der Waals surface area contributed by atoms with Gasteiger partial charge in [-0.1, -0.05) is 26.0 Å². The van der Waals surface area contributed by atoms with Gasteiger partial charge in [0, 0.05) is 47.4 Å². The molecule has 2 amide bonds. The maximum absolute atomic E-state index is 12.3. The van der Waals surface area contributed by atoms with Crippen LogP contribution in [0.1, 0.15) is 51.0 Å². The van der Waals surface area contributed by atoms with E-state index in [4.69, 9.17) is 9.57 Å². The predicted octanol–water partition coefficient (Wildman–Crippen LogP) is 5.28. The highest BCUT2D eigenvalue weighted by Crippen LogP contribution is 2.39. The number of rotatable bonds is 9. The predicted molar refractivity (Wildman–Crippen MR) is 151 cm³/mol. The molecule has 5 rings (SSSR count). The summed E-state index contributed by atoms with van der Waals surface area (Å²) in [5, 5.41) is 14.1. The number of aryl methyl sites for hydroxylation is 1. The topological polar surface area (TPSA) is 120 Å². The minimum Gasteiger partial charge on any atom is -0.493 e. The van der Waals surface area contributed by atoms with Gasteiger partial charge in [0.1, 0.15) is 12.8 Å². The molecule has 3 aromatic carbocycles. The third-order valence-electron chi connectivity index (χ3n) is 7.24. The highest BCUT2D eigenvalue weighted by atomic mass is 16.7. The Morgan fingerprint density at radius 2 is 1.71 bits per heavy atom. The number of carbonyl (C=O) groups excluding carboxylic acids is 3. The average molecular weight is 557 g/mol. The number of hydrogen-bond acceptors (Lipinski definition) is 7. The summed E-state index contributed by atoms with van der Waals surface area (Å²) in [4.78, 5) is 51.8. The molecule has 210 valence electrons. The molecule has 0 unspecified atom stereocenters. The Morgan fingerprint density at radius 1 is 0.976 bits per heavy atom. The highest BCUT2D eigenvalue weighted by Gasteiger charge is 2.32. The summed E-state index contributed by atoms with van der Waals surface area (Å²) < 4.78 is 8.32. The summed E-state index contributed by atoms with van der Waals surface area (Å²) in [6.07, 6.45) is 0.308. The second kappa shape index (κ2) is 11.3. The van der Waals surface area contributed by atoms with Crippen LogP contribution in [0.3, 0.4) is 0 Å². The van der Waals surface area contributed by atoms with Crippen LogP contribution >= 0.6 is 0 Å². The summed E-state index contributed by atoms with van der Waals surface area (Å²) in [5.41, 5.74) is 4.42. The monoisotopic (exact) mass is 556 g/mol. The third-order valence-corrected chi connectivity index (χ3v) is 7.24. The lowest BCUT2D eigenvalue weighted by Crippen LogP contribution is -2.32. The van der Waals surface area contributed by atoms with E-state index in [1.165, 1.54) is 6.07 Å². The number of hydroxylamine groups is 2. The lowest BCUT2D eigenvalue weighted by Gasteiger charge is -2.18. The number of fused-ring (bicyclic) bond motifs is 2. The molecule has 2 heterocycles. The molecule has 1 fully saturated rings. The largest absolute Gasteiger partial charge is 0.493 e. The van der Waals surface area contributed by atoms with E-state index in [0.29, 0.717) is 10.8 Å². The number of amides is 2. The number of nitro groups is 1. The van der Waals surface area contributed by atoms with Crippen molar-refractivity contribution in [3.8, 4) is 16.9 Å². The number of hydrogen-bond donors (Lipinski definition) is 0. The number of imide groups is 1. The molecule has 1 aromatic heterocycles. The maximum Gasteiger partial charge on any atom is 0.333 e. The molecule has 0 saturated carbocycles. The molecule has 0 spiro atoms. The minimum absolute atomic E-state index is 0.00643. The number of ether oxygens (including phenoxy) is 1. The van der Waals surface area contributed by atoms with Gasteiger partial charge in [0.25, 0.3) is 17.5 Å². The van der Waals surface area contributed by atoms with Crippen LogP contribution in [-0.4, -0.2) is 34.4 Å². The summed E-state index contributed by atoms with van der Waals surface area (Å²) in [5.74, 6) is -1.16. The summed E-state index contributed by atoms with van der Waals surface area (Å²) >= 11 is 0. The molecular weight excluding hydrogens is 526 g/mol. The molecule has 0 radical (unpaired) electrons. The van der Waals surface area contributed by atoms with Crippen molar-refractivity contribution >= 4 is 45.3 Å². The SMILES string of the molecule is CC(C)c1cc([N+](=O)[O-])ccc1-c1cc2cc3ccccc3[n+](C)c2cc1OCCCC(=O)ON1C(=O)CCC1=O. The first-order chi connectivity index (χ1) is 19.6. The number of carbonyl (C=O) groups is 3. The lowest BCUT2D eigenvalue weighted by atomic mass is 9.90. The van der Waals surface area contributed by atoms with E-state index in [9.17, 15) is 24.5 Å². The van der Waals surface area contributed by atoms with Crippen molar-refractivity contribution in [1.82, 2.24) is 5.06 Å². The van der Waals surface area contributed by atoms with Crippen LogP contribution in [0.4, 0.5) is 5.69 Å². The number of nitrogens with zero attached hydrogens (tertiary/aromatic N) is 3. The van der Waals surface area contributed by atoms with Gasteiger partial charge in [-0.25, -0.2) is 4.79 Å². The summed E-state index contributed by atoms with van der Waals surface area (Å²) in [6.45, 7) is 4.13. The number of nitro benzene ring substituents is 1. The number of pyridine rings is 1. The summed E-state index contributed by atoms with van der Waals surface area (Å²) in [6, 6.07) is 19.0. The van der Waals surface area contributed by atoms with Crippen LogP contribution in [0.15, 0.2) is 60.7 Å². The zero-order valence-electron chi connectivity index (χ0n) is 23.1. The molecule has 4 aromatic rings. The zero-order chi connectivity index (χ0) is 29.3. The Kier molecular flexibility index (Phi) is 7.65. The van der Waals surface area contributed by atoms with E-state index >= 15 is 0 Å². The standard InChI is InChI=1S/C31H30N3O7/c1-19(2)24-17-22(34(38)39)10-11-23(24)25-16-21-15-20-7-4-5-8-26(20)32(3)27(21)18-28(25)40-14-6-9-31(37)41-33-29(35)12-13-30(33)36/h4-5,7-8,10-11,15-19H,6,9,12-14H2,1-3H3/q+1. The van der Waals surface area contributed by atoms with Crippen molar-refractivity contribution in [3.05, 3.63) is 76.3 Å². The Hall–Kier alpha value is -4.86. The van der Waals surface area contributed by atoms with Gasteiger partial charge in [-0.3, -0.25) is 19.7 Å². The van der Waals surface area contributed by atoms with Gasteiger partial charge in [0.15, 0.2) is 0 Å². The Labute approximate surface area is 236 Å². The molecule has 1 aliphatic heterocycles. The van der Waals surface area contributed by atoms with Crippen molar-refractivity contribution in [2.75, 3.05) is 6.61 Å². The van der Waals surface area contributed by atoms with Crippen LogP contribution in [0.2, 0.25) is 0 Å². The molecule has 0 N–H and O–H groups in total. The quantitative estimate of drug-likeness (QED) is 0.0687. The summed E-state index contributed by atoms with van der Waals surface area (Å²) in [7, 11) is 1.98. The van der Waals surface area contributed by atoms with Gasteiger partial charge in [-0.15, -0.1) is 5.06 Å². The molecular formula is C31H30N3O7+. The first-order valence-electron chi connectivity index (χ1n) is 13.5. The second-order valence-electron chi connectivity index (χ2n) is 10.3. The molecule has 41 heavy (non-hydrogen) atoms. The van der Waals surface area contributed by atoms with Crippen LogP contribution in [0, 0.1) is 10.1 Å². The van der Waals surface area contributed by atoms with Crippen molar-refractivity contribution in [2.24, 2.45) is 7.05 Å². The fraction of sp³-hybridized carbons (Fsp3) is 0.290. The maximum atomic E-state index is 12.3. The fourth-order valence-electron chi connectivity index (χ4n) is 5.12. The molecule has 10 heteroatoms. The van der Waals surface area contributed by atoms with E-state index in [1.807, 2.05) is 57.3 Å². The molecule has 1 saturated heterocycles. The first kappa shape index (κ1) is 27.7. The van der Waals surface area contributed by atoms with Gasteiger partial charge in [0.05, 0.1) is 24.0 Å². The van der Waals surface area contributed by atoms with Crippen LogP contribution in [-0.2, 0) is 26.3 Å². The van der Waals surface area contributed by atoms with Gasteiger partial charge >= 0.3 is 5.97 Å². The van der Waals surface area contributed by atoms with Gasteiger partial charge in [0.2, 0.25) is 11.0 Å². The Morgan fingerprint density at radius 3 is 2.41 bits per heavy atom. The average Bonchev–Trinajstić information content (AvgIpc) is 3.27. The normalized spacial score (nSPS) is 13.4. The zero-order valence-corrected chi connectivity index (χ0v) is 23.1. The highest BCUT2D eigenvalue weighted by molar-refractivity contribution is 6.01. The molecule has 0 bridgehead atoms. The number of non-ortho nitro benzene ring substituents is 1. The first-order valence-corrected chi connectivity index (χ1v) is 13.5. The van der Waals surface area contributed by atoms with Crippen molar-refractivity contribution < 1.29 is 33.4 Å². The second-order valence-corrected chi connectivity index (χ2v) is 10.3. The number of benzene rings is 3. The minimum atomic E-state index is -0.689. The Balaban J connectivity index is 1.48. The van der Waals surface area contributed by atoms with E-state index < -0.39 is 22.7 Å². The van der Waals surface area contributed by atoms with E-state index in [2.05, 4.69) is 10.6 Å². The molecule has 10 nitrogen and oxygen atoms in total. The molecule has 0 aliphatic carbocycles. The van der Waals surface area contributed by atoms with Crippen LogP contribution in [0.25, 0.3) is 32.9 Å². The van der Waals surface area contributed by atoms with Crippen molar-refractivity contribution in [1.29, 1.82) is 0 Å². The Bertz CT molecular complexity index is 1700. The van der Waals surface area contributed by atoms with Gasteiger partial charge in [-0.2, -0.15) is 4.57 Å².